The molecule has 0 amide bonds. The quantitative estimate of drug-likeness (QED) is 0.432. The summed E-state index contributed by atoms with van der Waals surface area (Å²) in [4.78, 5) is 33.2. The first kappa shape index (κ1) is 15.0. The second-order valence-corrected chi connectivity index (χ2v) is 4.73. The Morgan fingerprint density at radius 1 is 1.28 bits per heavy atom. The minimum absolute atomic E-state index is 0.00128. The van der Waals surface area contributed by atoms with Crippen molar-refractivity contribution in [2.45, 2.75) is 38.0 Å². The van der Waals surface area contributed by atoms with Gasteiger partial charge in [-0.15, -0.1) is 0 Å². The summed E-state index contributed by atoms with van der Waals surface area (Å²) in [5, 5.41) is 0. The van der Waals surface area contributed by atoms with Gasteiger partial charge in [-0.2, -0.15) is 0 Å². The van der Waals surface area contributed by atoms with E-state index in [9.17, 15) is 14.4 Å². The number of Topliss-reactive ketones (excluding diaryl/α,β-unsaturated/α-hetero) is 1. The van der Waals surface area contributed by atoms with E-state index >= 15 is 0 Å². The van der Waals surface area contributed by atoms with Gasteiger partial charge in [-0.05, 0) is 20.3 Å². The molecule has 1 rings (SSSR count). The van der Waals surface area contributed by atoms with Crippen molar-refractivity contribution < 1.29 is 23.9 Å². The first-order chi connectivity index (χ1) is 8.46. The van der Waals surface area contributed by atoms with E-state index in [4.69, 9.17) is 21.1 Å². The van der Waals surface area contributed by atoms with E-state index in [-0.39, 0.29) is 25.4 Å². The van der Waals surface area contributed by atoms with Crippen molar-refractivity contribution in [3.05, 3.63) is 0 Å². The van der Waals surface area contributed by atoms with E-state index in [1.165, 1.54) is 0 Å². The standard InChI is InChI=1S/C12H17ClO5/c1-3-17-10(15)12(13,11(16)18-4-2)8-5-6-9(14)7-8/h8H,3-7H2,1-2H3/t8-/m1/s1. The molecule has 0 unspecified atom stereocenters. The smallest absolute Gasteiger partial charge is 0.339 e. The van der Waals surface area contributed by atoms with E-state index in [1.807, 2.05) is 0 Å². The predicted octanol–water partition coefficient (Wildman–Crippen LogP) is 1.46. The molecule has 0 aliphatic heterocycles. The Morgan fingerprint density at radius 3 is 2.11 bits per heavy atom. The van der Waals surface area contributed by atoms with Crippen LogP contribution in [-0.2, 0) is 23.9 Å². The summed E-state index contributed by atoms with van der Waals surface area (Å²) in [6.07, 6.45) is 0.846. The van der Waals surface area contributed by atoms with Crippen LogP contribution in [0.1, 0.15) is 33.1 Å². The van der Waals surface area contributed by atoms with Crippen LogP contribution in [0.15, 0.2) is 0 Å². The second-order valence-electron chi connectivity index (χ2n) is 4.13. The lowest BCUT2D eigenvalue weighted by Gasteiger charge is -2.27. The van der Waals surface area contributed by atoms with Crippen LogP contribution >= 0.6 is 11.6 Å². The van der Waals surface area contributed by atoms with Crippen molar-refractivity contribution in [3.8, 4) is 0 Å². The fourth-order valence-corrected chi connectivity index (χ4v) is 2.34. The molecule has 1 atom stereocenters. The van der Waals surface area contributed by atoms with Crippen LogP contribution in [0, 0.1) is 5.92 Å². The van der Waals surface area contributed by atoms with Gasteiger partial charge in [-0.3, -0.25) is 4.79 Å². The van der Waals surface area contributed by atoms with Crippen LogP contribution in [0.3, 0.4) is 0 Å². The van der Waals surface area contributed by atoms with Crippen molar-refractivity contribution >= 4 is 29.3 Å². The number of carbonyl (C=O) groups excluding carboxylic acids is 3. The molecule has 0 heterocycles. The predicted molar refractivity (Wildman–Crippen MR) is 64.2 cm³/mol. The highest BCUT2D eigenvalue weighted by atomic mass is 35.5. The summed E-state index contributed by atoms with van der Waals surface area (Å²) in [5.41, 5.74) is 0. The average molecular weight is 277 g/mol. The summed E-state index contributed by atoms with van der Waals surface area (Å²) in [5.74, 6) is -2.21. The summed E-state index contributed by atoms with van der Waals surface area (Å²) in [6, 6.07) is 0. The van der Waals surface area contributed by atoms with Crippen molar-refractivity contribution in [1.29, 1.82) is 0 Å². The highest BCUT2D eigenvalue weighted by Crippen LogP contribution is 2.39. The number of ketones is 1. The third-order valence-corrected chi connectivity index (χ3v) is 3.57. The molecule has 0 aromatic carbocycles. The monoisotopic (exact) mass is 276 g/mol. The molecule has 0 aromatic rings. The Labute approximate surface area is 111 Å². The number of hydrogen-bond donors (Lipinski definition) is 0. The fraction of sp³-hybridized carbons (Fsp3) is 0.750. The molecule has 0 spiro atoms. The molecule has 1 fully saturated rings. The number of ether oxygens (including phenoxy) is 2. The molecule has 0 radical (unpaired) electrons. The first-order valence-corrected chi connectivity index (χ1v) is 6.39. The largest absolute Gasteiger partial charge is 0.464 e. The Balaban J connectivity index is 2.96. The van der Waals surface area contributed by atoms with E-state index < -0.39 is 22.7 Å². The molecule has 1 aliphatic carbocycles. The lowest BCUT2D eigenvalue weighted by molar-refractivity contribution is -0.161. The summed E-state index contributed by atoms with van der Waals surface area (Å²) < 4.78 is 9.68. The van der Waals surface area contributed by atoms with Gasteiger partial charge in [0.1, 0.15) is 5.78 Å². The summed E-state index contributed by atoms with van der Waals surface area (Å²) in [6.45, 7) is 3.49. The molecular formula is C12H17ClO5. The Hall–Kier alpha value is -1.10. The van der Waals surface area contributed by atoms with Gasteiger partial charge in [0.25, 0.3) is 0 Å². The van der Waals surface area contributed by atoms with Gasteiger partial charge in [-0.1, -0.05) is 11.6 Å². The average Bonchev–Trinajstić information content (AvgIpc) is 2.75. The first-order valence-electron chi connectivity index (χ1n) is 6.01. The normalized spacial score (nSPS) is 19.7. The van der Waals surface area contributed by atoms with Crippen molar-refractivity contribution in [3.63, 3.8) is 0 Å². The molecule has 0 N–H and O–H groups in total. The molecule has 0 bridgehead atoms. The van der Waals surface area contributed by atoms with Crippen LogP contribution in [-0.4, -0.2) is 35.8 Å². The molecule has 102 valence electrons. The second kappa shape index (κ2) is 6.18. The van der Waals surface area contributed by atoms with Crippen LogP contribution in [0.4, 0.5) is 0 Å². The van der Waals surface area contributed by atoms with E-state index in [0.717, 1.165) is 0 Å². The third kappa shape index (κ3) is 2.83. The minimum Gasteiger partial charge on any atom is -0.464 e. The number of hydrogen-bond acceptors (Lipinski definition) is 5. The zero-order chi connectivity index (χ0) is 13.8. The minimum atomic E-state index is -1.89. The molecule has 6 heteroatoms. The fourth-order valence-electron chi connectivity index (χ4n) is 2.04. The number of halogens is 1. The lowest BCUT2D eigenvalue weighted by atomic mass is 9.89. The lowest BCUT2D eigenvalue weighted by Crippen LogP contribution is -2.49. The SMILES string of the molecule is CCOC(=O)C(Cl)(C(=O)OCC)[C@@H]1CCC(=O)C1. The van der Waals surface area contributed by atoms with Crippen LogP contribution in [0.5, 0.6) is 0 Å². The third-order valence-electron chi connectivity index (χ3n) is 2.95. The van der Waals surface area contributed by atoms with Crippen molar-refractivity contribution in [2.24, 2.45) is 5.92 Å². The maximum atomic E-state index is 11.9. The van der Waals surface area contributed by atoms with E-state index in [1.54, 1.807) is 13.8 Å². The van der Waals surface area contributed by atoms with Crippen LogP contribution < -0.4 is 0 Å². The van der Waals surface area contributed by atoms with Gasteiger partial charge < -0.3 is 9.47 Å². The molecule has 1 saturated carbocycles. The molecular weight excluding hydrogens is 260 g/mol. The highest BCUT2D eigenvalue weighted by Gasteiger charge is 2.55. The zero-order valence-corrected chi connectivity index (χ0v) is 11.3. The molecule has 0 aromatic heterocycles. The Kier molecular flexibility index (Phi) is 5.14. The number of alkyl halides is 1. The highest BCUT2D eigenvalue weighted by molar-refractivity contribution is 6.45. The van der Waals surface area contributed by atoms with Gasteiger partial charge in [0.05, 0.1) is 13.2 Å². The van der Waals surface area contributed by atoms with Crippen LogP contribution in [0.2, 0.25) is 0 Å². The van der Waals surface area contributed by atoms with Gasteiger partial charge >= 0.3 is 11.9 Å². The summed E-state index contributed by atoms with van der Waals surface area (Å²) in [7, 11) is 0. The van der Waals surface area contributed by atoms with Gasteiger partial charge in [0.15, 0.2) is 0 Å². The Morgan fingerprint density at radius 2 is 1.78 bits per heavy atom. The van der Waals surface area contributed by atoms with Gasteiger partial charge in [0.2, 0.25) is 4.87 Å². The molecule has 18 heavy (non-hydrogen) atoms. The van der Waals surface area contributed by atoms with Gasteiger partial charge in [0, 0.05) is 18.8 Å². The topological polar surface area (TPSA) is 69.7 Å². The summed E-state index contributed by atoms with van der Waals surface area (Å²) >= 11 is 6.17. The van der Waals surface area contributed by atoms with Crippen molar-refractivity contribution in [1.82, 2.24) is 0 Å². The molecule has 0 saturated heterocycles. The Bertz CT molecular complexity index is 334. The number of carbonyl (C=O) groups is 3. The molecule has 5 nitrogen and oxygen atoms in total. The maximum absolute atomic E-state index is 11.9. The number of esters is 2. The van der Waals surface area contributed by atoms with Gasteiger partial charge in [-0.25, -0.2) is 9.59 Å². The van der Waals surface area contributed by atoms with E-state index in [2.05, 4.69) is 0 Å². The maximum Gasteiger partial charge on any atom is 0.339 e. The van der Waals surface area contributed by atoms with Crippen molar-refractivity contribution in [2.75, 3.05) is 13.2 Å². The number of rotatable bonds is 5. The molecule has 1 aliphatic rings. The van der Waals surface area contributed by atoms with E-state index in [0.29, 0.717) is 12.8 Å². The zero-order valence-electron chi connectivity index (χ0n) is 10.5. The van der Waals surface area contributed by atoms with Crippen LogP contribution in [0.25, 0.3) is 0 Å².